The fraction of sp³-hybridized carbons (Fsp3) is 0.438. The van der Waals surface area contributed by atoms with E-state index < -0.39 is 9.84 Å². The Balaban J connectivity index is 2.03. The molecule has 7 nitrogen and oxygen atoms in total. The van der Waals surface area contributed by atoms with E-state index in [1.54, 1.807) is 4.68 Å². The van der Waals surface area contributed by atoms with Gasteiger partial charge < -0.3 is 16.0 Å². The molecule has 1 aliphatic heterocycles. The summed E-state index contributed by atoms with van der Waals surface area (Å²) in [7, 11) is -3.47. The summed E-state index contributed by atoms with van der Waals surface area (Å²) in [5, 5.41) is 7.88. The Morgan fingerprint density at radius 1 is 1.33 bits per heavy atom. The second-order valence-electron chi connectivity index (χ2n) is 6.25. The lowest BCUT2D eigenvalue weighted by atomic mass is 10.2. The number of hydrogen-bond donors (Lipinski definition) is 2. The molecule has 0 bridgehead atoms. The Kier molecular flexibility index (Phi) is 4.51. The molecule has 2 aromatic rings. The van der Waals surface area contributed by atoms with E-state index in [0.717, 1.165) is 12.1 Å². The summed E-state index contributed by atoms with van der Waals surface area (Å²) in [6, 6.07) is 10.0. The van der Waals surface area contributed by atoms with E-state index in [-0.39, 0.29) is 16.8 Å². The lowest BCUT2D eigenvalue weighted by Crippen LogP contribution is -2.49. The summed E-state index contributed by atoms with van der Waals surface area (Å²) in [5.41, 5.74) is 7.18. The zero-order chi connectivity index (χ0) is 17.3. The normalized spacial score (nSPS) is 18.8. The Labute approximate surface area is 142 Å². The van der Waals surface area contributed by atoms with Gasteiger partial charge in [0.25, 0.3) is 0 Å². The molecule has 1 aliphatic rings. The Hall–Kier alpha value is -2.06. The van der Waals surface area contributed by atoms with E-state index in [2.05, 4.69) is 17.3 Å². The van der Waals surface area contributed by atoms with Crippen molar-refractivity contribution in [2.24, 2.45) is 0 Å². The molecule has 3 N–H and O–H groups in total. The van der Waals surface area contributed by atoms with Gasteiger partial charge in [0.1, 0.15) is 5.82 Å². The smallest absolute Gasteiger partial charge is 0.182 e. The van der Waals surface area contributed by atoms with E-state index in [0.29, 0.717) is 25.5 Å². The minimum atomic E-state index is -3.47. The molecular weight excluding hydrogens is 326 g/mol. The number of benzene rings is 1. The molecule has 130 valence electrons. The van der Waals surface area contributed by atoms with Gasteiger partial charge in [0, 0.05) is 31.9 Å². The van der Waals surface area contributed by atoms with Crippen molar-refractivity contribution in [2.75, 3.05) is 36.5 Å². The summed E-state index contributed by atoms with van der Waals surface area (Å²) < 4.78 is 26.2. The molecule has 3 rings (SSSR count). The van der Waals surface area contributed by atoms with E-state index in [1.807, 2.05) is 35.2 Å². The molecule has 1 fully saturated rings. The van der Waals surface area contributed by atoms with Crippen LogP contribution in [0.25, 0.3) is 0 Å². The van der Waals surface area contributed by atoms with E-state index >= 15 is 0 Å². The van der Waals surface area contributed by atoms with Crippen LogP contribution in [-0.2, 0) is 16.4 Å². The average molecular weight is 349 g/mol. The van der Waals surface area contributed by atoms with E-state index in [4.69, 9.17) is 5.73 Å². The highest BCUT2D eigenvalue weighted by Gasteiger charge is 2.29. The zero-order valence-corrected chi connectivity index (χ0v) is 14.8. The number of anilines is 2. The van der Waals surface area contributed by atoms with Crippen molar-refractivity contribution < 1.29 is 8.42 Å². The molecule has 2 heterocycles. The van der Waals surface area contributed by atoms with Crippen LogP contribution in [0.1, 0.15) is 12.5 Å². The molecule has 0 saturated carbocycles. The lowest BCUT2D eigenvalue weighted by molar-refractivity contribution is 0.479. The van der Waals surface area contributed by atoms with E-state index in [1.165, 1.54) is 6.26 Å². The van der Waals surface area contributed by atoms with Crippen molar-refractivity contribution in [1.29, 1.82) is 0 Å². The highest BCUT2D eigenvalue weighted by Crippen LogP contribution is 2.31. The maximum absolute atomic E-state index is 12.3. The zero-order valence-electron chi connectivity index (χ0n) is 13.9. The first-order valence-electron chi connectivity index (χ1n) is 7.95. The number of aromatic nitrogens is 2. The summed E-state index contributed by atoms with van der Waals surface area (Å²) in [4.78, 5) is 2.13. The lowest BCUT2D eigenvalue weighted by Gasteiger charge is -2.32. The number of rotatable bonds is 4. The molecular formula is C16H23N5O2S. The average Bonchev–Trinajstić information content (AvgIpc) is 2.85. The molecule has 0 amide bonds. The first-order valence-corrected chi connectivity index (χ1v) is 9.84. The fourth-order valence-corrected chi connectivity index (χ4v) is 4.00. The third-order valence-corrected chi connectivity index (χ3v) is 5.28. The quantitative estimate of drug-likeness (QED) is 0.845. The van der Waals surface area contributed by atoms with Crippen LogP contribution in [0.15, 0.2) is 35.2 Å². The minimum Gasteiger partial charge on any atom is -0.383 e. The molecule has 0 aliphatic carbocycles. The fourth-order valence-electron chi connectivity index (χ4n) is 3.01. The predicted molar refractivity (Wildman–Crippen MR) is 95.0 cm³/mol. The largest absolute Gasteiger partial charge is 0.383 e. The Morgan fingerprint density at radius 2 is 2.04 bits per heavy atom. The molecule has 1 atom stereocenters. The number of nitrogen functional groups attached to an aromatic ring is 1. The second-order valence-corrected chi connectivity index (χ2v) is 8.21. The molecule has 0 radical (unpaired) electrons. The predicted octanol–water partition coefficient (Wildman–Crippen LogP) is 0.715. The highest BCUT2D eigenvalue weighted by atomic mass is 32.2. The Bertz CT molecular complexity index is 816. The van der Waals surface area contributed by atoms with Gasteiger partial charge in [-0.2, -0.15) is 5.10 Å². The standard InChI is InChI=1S/C16H23N5O2S/c1-12-10-20(9-8-18-12)16-14(24(2,22)23)15(17)21(19-16)11-13-6-4-3-5-7-13/h3-7,12,18H,8-11,17H2,1-2H3. The number of nitrogens with two attached hydrogens (primary N) is 1. The van der Waals surface area contributed by atoms with E-state index in [9.17, 15) is 8.42 Å². The third kappa shape index (κ3) is 3.39. The Morgan fingerprint density at radius 3 is 2.67 bits per heavy atom. The van der Waals surface area contributed by atoms with Crippen LogP contribution in [0.5, 0.6) is 0 Å². The number of hydrogen-bond acceptors (Lipinski definition) is 6. The van der Waals surface area contributed by atoms with Crippen LogP contribution >= 0.6 is 0 Å². The summed E-state index contributed by atoms with van der Waals surface area (Å²) >= 11 is 0. The van der Waals surface area contributed by atoms with Crippen LogP contribution in [0.2, 0.25) is 0 Å². The number of sulfone groups is 1. The van der Waals surface area contributed by atoms with Crippen molar-refractivity contribution >= 4 is 21.5 Å². The summed E-state index contributed by atoms with van der Waals surface area (Å²) in [5.74, 6) is 0.654. The number of nitrogens with zero attached hydrogens (tertiary/aromatic N) is 3. The number of nitrogens with one attached hydrogen (secondary N) is 1. The van der Waals surface area contributed by atoms with Gasteiger partial charge in [0.15, 0.2) is 20.6 Å². The molecule has 24 heavy (non-hydrogen) atoms. The molecule has 1 aromatic carbocycles. The monoisotopic (exact) mass is 349 g/mol. The van der Waals surface area contributed by atoms with Crippen LogP contribution in [-0.4, -0.2) is 50.1 Å². The second kappa shape index (κ2) is 6.45. The van der Waals surface area contributed by atoms with Gasteiger partial charge in [-0.25, -0.2) is 13.1 Å². The summed E-state index contributed by atoms with van der Waals surface area (Å²) in [6.45, 7) is 4.70. The van der Waals surface area contributed by atoms with Crippen molar-refractivity contribution in [2.45, 2.75) is 24.4 Å². The van der Waals surface area contributed by atoms with Crippen LogP contribution in [0.3, 0.4) is 0 Å². The first-order chi connectivity index (χ1) is 11.4. The highest BCUT2D eigenvalue weighted by molar-refractivity contribution is 7.91. The van der Waals surface area contributed by atoms with Crippen molar-refractivity contribution in [3.63, 3.8) is 0 Å². The van der Waals surface area contributed by atoms with Gasteiger partial charge in [-0.15, -0.1) is 0 Å². The molecule has 1 saturated heterocycles. The third-order valence-electron chi connectivity index (χ3n) is 4.14. The van der Waals surface area contributed by atoms with Gasteiger partial charge in [-0.3, -0.25) is 0 Å². The minimum absolute atomic E-state index is 0.132. The molecule has 8 heteroatoms. The van der Waals surface area contributed by atoms with Gasteiger partial charge in [-0.1, -0.05) is 30.3 Å². The number of piperazine rings is 1. The maximum atomic E-state index is 12.3. The molecule has 1 aromatic heterocycles. The summed E-state index contributed by atoms with van der Waals surface area (Å²) in [6.07, 6.45) is 1.18. The van der Waals surface area contributed by atoms with Gasteiger partial charge in [-0.05, 0) is 12.5 Å². The maximum Gasteiger partial charge on any atom is 0.182 e. The molecule has 0 spiro atoms. The van der Waals surface area contributed by atoms with Gasteiger partial charge in [0.2, 0.25) is 0 Å². The molecule has 1 unspecified atom stereocenters. The van der Waals surface area contributed by atoms with Crippen molar-refractivity contribution in [3.05, 3.63) is 35.9 Å². The van der Waals surface area contributed by atoms with Crippen LogP contribution in [0, 0.1) is 0 Å². The van der Waals surface area contributed by atoms with Crippen molar-refractivity contribution in [1.82, 2.24) is 15.1 Å². The van der Waals surface area contributed by atoms with Crippen LogP contribution in [0.4, 0.5) is 11.6 Å². The first kappa shape index (κ1) is 16.8. The van der Waals surface area contributed by atoms with Crippen molar-refractivity contribution in [3.8, 4) is 0 Å². The van der Waals surface area contributed by atoms with Gasteiger partial charge in [0.05, 0.1) is 6.54 Å². The topological polar surface area (TPSA) is 93.2 Å². The SMILES string of the molecule is CC1CN(c2nn(Cc3ccccc3)c(N)c2S(C)(=O)=O)CCN1. The van der Waals surface area contributed by atoms with Gasteiger partial charge >= 0.3 is 0 Å². The van der Waals surface area contributed by atoms with Crippen LogP contribution < -0.4 is 16.0 Å².